The van der Waals surface area contributed by atoms with E-state index in [9.17, 15) is 9.18 Å². The van der Waals surface area contributed by atoms with Gasteiger partial charge in [-0.3, -0.25) is 4.79 Å². The van der Waals surface area contributed by atoms with Gasteiger partial charge in [-0.2, -0.15) is 0 Å². The summed E-state index contributed by atoms with van der Waals surface area (Å²) < 4.78 is 20.9. The monoisotopic (exact) mass is 517 g/mol. The first kappa shape index (κ1) is 24.2. The van der Waals surface area contributed by atoms with Gasteiger partial charge in [-0.05, 0) is 50.2 Å². The molecule has 0 radical (unpaired) electrons. The van der Waals surface area contributed by atoms with Gasteiger partial charge in [0.05, 0.1) is 11.4 Å². The number of halogens is 2. The van der Waals surface area contributed by atoms with Gasteiger partial charge in [-0.1, -0.05) is 35.5 Å². The average molecular weight is 518 g/mol. The van der Waals surface area contributed by atoms with E-state index in [0.29, 0.717) is 33.4 Å². The van der Waals surface area contributed by atoms with Crippen LogP contribution in [-0.2, 0) is 11.3 Å². The van der Waals surface area contributed by atoms with Gasteiger partial charge in [0.1, 0.15) is 11.6 Å². The predicted octanol–water partition coefficient (Wildman–Crippen LogP) is 6.08. The number of rotatable bonds is 9. The number of ether oxygens (including phenoxy) is 1. The maximum absolute atomic E-state index is 13.1. The van der Waals surface area contributed by atoms with Crippen LogP contribution >= 0.6 is 34.7 Å². The molecule has 11 heteroatoms. The van der Waals surface area contributed by atoms with Gasteiger partial charge in [0.15, 0.2) is 22.2 Å². The van der Waals surface area contributed by atoms with Crippen molar-refractivity contribution in [3.63, 3.8) is 0 Å². The molecule has 0 aliphatic rings. The summed E-state index contributed by atoms with van der Waals surface area (Å²) in [5.41, 5.74) is 1.70. The van der Waals surface area contributed by atoms with Crippen molar-refractivity contribution in [2.75, 3.05) is 11.1 Å². The number of carbonyl (C=O) groups excluding carboxylic acids is 1. The van der Waals surface area contributed by atoms with Crippen LogP contribution < -0.4 is 10.1 Å². The lowest BCUT2D eigenvalue weighted by Crippen LogP contribution is -2.15. The highest BCUT2D eigenvalue weighted by atomic mass is 35.5. The molecule has 34 heavy (non-hydrogen) atoms. The lowest BCUT2D eigenvalue weighted by Gasteiger charge is -2.15. The molecule has 1 unspecified atom stereocenters. The standard InChI is InChI=1S/C23H21ClFN5O2S2/c1-3-30-21(14(2)32-18-10-8-17(25)9-11-18)28-29-23(30)34-13-20(31)27-22-26-19(12-33-22)15-4-6-16(24)7-5-15/h4-12,14H,3,13H2,1-2H3,(H,26,27,31). The van der Waals surface area contributed by atoms with Gasteiger partial charge < -0.3 is 14.6 Å². The third-order valence-electron chi connectivity index (χ3n) is 4.77. The molecule has 0 saturated carbocycles. The fourth-order valence-electron chi connectivity index (χ4n) is 3.14. The molecule has 4 rings (SSSR count). The van der Waals surface area contributed by atoms with Crippen LogP contribution in [0.5, 0.6) is 5.75 Å². The summed E-state index contributed by atoms with van der Waals surface area (Å²) in [7, 11) is 0. The summed E-state index contributed by atoms with van der Waals surface area (Å²) in [6.45, 7) is 4.43. The number of benzene rings is 2. The molecule has 4 aromatic rings. The number of nitrogens with zero attached hydrogens (tertiary/aromatic N) is 4. The van der Waals surface area contributed by atoms with Crippen LogP contribution in [0.15, 0.2) is 59.1 Å². The molecule has 0 spiro atoms. The lowest BCUT2D eigenvalue weighted by molar-refractivity contribution is -0.113. The van der Waals surface area contributed by atoms with Crippen molar-refractivity contribution >= 4 is 45.7 Å². The van der Waals surface area contributed by atoms with E-state index in [-0.39, 0.29) is 17.5 Å². The van der Waals surface area contributed by atoms with E-state index in [4.69, 9.17) is 16.3 Å². The zero-order chi connectivity index (χ0) is 24.1. The summed E-state index contributed by atoms with van der Waals surface area (Å²) in [6.07, 6.45) is -0.400. The number of thioether (sulfide) groups is 1. The molecule has 0 saturated heterocycles. The predicted molar refractivity (Wildman–Crippen MR) is 133 cm³/mol. The van der Waals surface area contributed by atoms with Crippen LogP contribution in [0, 0.1) is 5.82 Å². The lowest BCUT2D eigenvalue weighted by atomic mass is 10.2. The van der Waals surface area contributed by atoms with Crippen molar-refractivity contribution in [3.05, 3.63) is 70.6 Å². The second-order valence-electron chi connectivity index (χ2n) is 7.18. The van der Waals surface area contributed by atoms with E-state index in [1.54, 1.807) is 24.3 Å². The Morgan fingerprint density at radius 3 is 2.65 bits per heavy atom. The molecular weight excluding hydrogens is 497 g/mol. The number of amides is 1. The zero-order valence-electron chi connectivity index (χ0n) is 18.4. The highest BCUT2D eigenvalue weighted by Crippen LogP contribution is 2.27. The molecule has 0 bridgehead atoms. The van der Waals surface area contributed by atoms with E-state index in [1.165, 1.54) is 35.2 Å². The van der Waals surface area contributed by atoms with E-state index in [2.05, 4.69) is 20.5 Å². The van der Waals surface area contributed by atoms with Gasteiger partial charge in [0.25, 0.3) is 0 Å². The average Bonchev–Trinajstić information content (AvgIpc) is 3.46. The molecular formula is C23H21ClFN5O2S2. The topological polar surface area (TPSA) is 81.9 Å². The quantitative estimate of drug-likeness (QED) is 0.271. The Morgan fingerprint density at radius 2 is 1.94 bits per heavy atom. The zero-order valence-corrected chi connectivity index (χ0v) is 20.8. The molecule has 1 amide bonds. The SMILES string of the molecule is CCn1c(SCC(=O)Nc2nc(-c3ccc(Cl)cc3)cs2)nnc1C(C)Oc1ccc(F)cc1. The van der Waals surface area contributed by atoms with Crippen molar-refractivity contribution < 1.29 is 13.9 Å². The number of nitrogens with one attached hydrogen (secondary N) is 1. The van der Waals surface area contributed by atoms with Crippen molar-refractivity contribution in [1.29, 1.82) is 0 Å². The first-order valence-electron chi connectivity index (χ1n) is 10.4. The maximum atomic E-state index is 13.1. The van der Waals surface area contributed by atoms with E-state index < -0.39 is 6.10 Å². The van der Waals surface area contributed by atoms with Gasteiger partial charge >= 0.3 is 0 Å². The molecule has 0 aliphatic carbocycles. The van der Waals surface area contributed by atoms with E-state index >= 15 is 0 Å². The molecule has 2 heterocycles. The summed E-state index contributed by atoms with van der Waals surface area (Å²) in [5.74, 6) is 0.801. The van der Waals surface area contributed by atoms with Gasteiger partial charge in [-0.15, -0.1) is 21.5 Å². The Bertz CT molecular complexity index is 1260. The highest BCUT2D eigenvalue weighted by Gasteiger charge is 2.20. The summed E-state index contributed by atoms with van der Waals surface area (Å²) in [6, 6.07) is 13.2. The Kier molecular flexibility index (Phi) is 7.81. The first-order valence-corrected chi connectivity index (χ1v) is 12.7. The smallest absolute Gasteiger partial charge is 0.236 e. The van der Waals surface area contributed by atoms with Crippen molar-refractivity contribution in [1.82, 2.24) is 19.7 Å². The van der Waals surface area contributed by atoms with Gasteiger partial charge in [0, 0.05) is 22.5 Å². The second-order valence-corrected chi connectivity index (χ2v) is 9.42. The van der Waals surface area contributed by atoms with E-state index in [1.807, 2.05) is 35.9 Å². The normalized spacial score (nSPS) is 11.9. The summed E-state index contributed by atoms with van der Waals surface area (Å²) >= 11 is 8.57. The van der Waals surface area contributed by atoms with Crippen molar-refractivity contribution in [3.8, 4) is 17.0 Å². The minimum atomic E-state index is -0.400. The minimum Gasteiger partial charge on any atom is -0.483 e. The third-order valence-corrected chi connectivity index (χ3v) is 6.75. The maximum Gasteiger partial charge on any atom is 0.236 e. The van der Waals surface area contributed by atoms with E-state index in [0.717, 1.165) is 11.3 Å². The second kappa shape index (κ2) is 11.0. The molecule has 176 valence electrons. The van der Waals surface area contributed by atoms with Gasteiger partial charge in [0.2, 0.25) is 5.91 Å². The fourth-order valence-corrected chi connectivity index (χ4v) is 4.82. The summed E-state index contributed by atoms with van der Waals surface area (Å²) in [5, 5.41) is 15.0. The van der Waals surface area contributed by atoms with Crippen molar-refractivity contribution in [2.24, 2.45) is 0 Å². The highest BCUT2D eigenvalue weighted by molar-refractivity contribution is 7.99. The minimum absolute atomic E-state index is 0.154. The molecule has 1 atom stereocenters. The Labute approximate surface area is 209 Å². The van der Waals surface area contributed by atoms with Crippen LogP contribution in [0.4, 0.5) is 9.52 Å². The molecule has 2 aromatic heterocycles. The molecule has 7 nitrogen and oxygen atoms in total. The molecule has 0 aliphatic heterocycles. The largest absolute Gasteiger partial charge is 0.483 e. The number of hydrogen-bond donors (Lipinski definition) is 1. The number of aromatic nitrogens is 4. The molecule has 1 N–H and O–H groups in total. The summed E-state index contributed by atoms with van der Waals surface area (Å²) in [4.78, 5) is 17.0. The number of thiazole rings is 1. The van der Waals surface area contributed by atoms with Crippen LogP contribution in [0.1, 0.15) is 25.8 Å². The van der Waals surface area contributed by atoms with Crippen LogP contribution in [-0.4, -0.2) is 31.4 Å². The Hall–Kier alpha value is -2.95. The molecule has 2 aromatic carbocycles. The number of anilines is 1. The molecule has 0 fully saturated rings. The number of hydrogen-bond acceptors (Lipinski definition) is 7. The van der Waals surface area contributed by atoms with Crippen molar-refractivity contribution in [2.45, 2.75) is 31.7 Å². The number of carbonyl (C=O) groups is 1. The third kappa shape index (κ3) is 5.94. The van der Waals surface area contributed by atoms with Crippen LogP contribution in [0.2, 0.25) is 5.02 Å². The van der Waals surface area contributed by atoms with Crippen LogP contribution in [0.25, 0.3) is 11.3 Å². The van der Waals surface area contributed by atoms with Crippen LogP contribution in [0.3, 0.4) is 0 Å². The Morgan fingerprint density at radius 1 is 1.21 bits per heavy atom. The Balaban J connectivity index is 1.35. The fraction of sp³-hybridized carbons (Fsp3) is 0.217. The van der Waals surface area contributed by atoms with Gasteiger partial charge in [-0.25, -0.2) is 9.37 Å². The first-order chi connectivity index (χ1) is 16.4.